The summed E-state index contributed by atoms with van der Waals surface area (Å²) in [6.45, 7) is 10.7. The zero-order valence-electron chi connectivity index (χ0n) is 16.2. The highest BCUT2D eigenvalue weighted by Crippen LogP contribution is 2.38. The molecule has 0 unspecified atom stereocenters. The van der Waals surface area contributed by atoms with Gasteiger partial charge in [-0.15, -0.1) is 0 Å². The van der Waals surface area contributed by atoms with Crippen LogP contribution in [0.1, 0.15) is 48.9 Å². The fourth-order valence-electron chi connectivity index (χ4n) is 2.96. The lowest BCUT2D eigenvalue weighted by Crippen LogP contribution is -2.03. The smallest absolute Gasteiger partial charge is 0.126 e. The minimum atomic E-state index is 0.874. The van der Waals surface area contributed by atoms with E-state index in [1.807, 2.05) is 0 Å². The van der Waals surface area contributed by atoms with Crippen molar-refractivity contribution in [2.24, 2.45) is 0 Å². The second-order valence-corrected chi connectivity index (χ2v) is 6.96. The Bertz CT molecular complexity index is 627. The van der Waals surface area contributed by atoms with Gasteiger partial charge in [0.25, 0.3) is 0 Å². The van der Waals surface area contributed by atoms with E-state index in [4.69, 9.17) is 9.47 Å². The molecule has 0 aliphatic heterocycles. The van der Waals surface area contributed by atoms with Crippen molar-refractivity contribution < 1.29 is 9.47 Å². The predicted molar refractivity (Wildman–Crippen MR) is 108 cm³/mol. The van der Waals surface area contributed by atoms with E-state index < -0.39 is 0 Å². The Morgan fingerprint density at radius 3 is 2.00 bits per heavy atom. The van der Waals surface area contributed by atoms with E-state index >= 15 is 0 Å². The van der Waals surface area contributed by atoms with Gasteiger partial charge in [0, 0.05) is 10.9 Å². The van der Waals surface area contributed by atoms with Crippen LogP contribution in [0.2, 0.25) is 0 Å². The summed E-state index contributed by atoms with van der Waals surface area (Å²) in [5.74, 6) is 1.97. The van der Waals surface area contributed by atoms with Gasteiger partial charge in [0.15, 0.2) is 0 Å². The van der Waals surface area contributed by atoms with Crippen LogP contribution in [0.5, 0.6) is 11.5 Å². The van der Waals surface area contributed by atoms with Gasteiger partial charge >= 0.3 is 0 Å². The average Bonchev–Trinajstić information content (AvgIpc) is 2.57. The van der Waals surface area contributed by atoms with Crippen LogP contribution in [0.15, 0.2) is 23.3 Å². The monoisotopic (exact) mass is 394 g/mol. The molecule has 24 heavy (non-hydrogen) atoms. The molecule has 0 atom stereocenters. The maximum Gasteiger partial charge on any atom is 0.126 e. The first kappa shape index (κ1) is 20.8. The van der Waals surface area contributed by atoms with E-state index in [0.717, 1.165) is 47.2 Å². The third-order valence-corrected chi connectivity index (χ3v) is 5.50. The molecule has 0 N–H and O–H groups in total. The molecule has 2 nitrogen and oxygen atoms in total. The van der Waals surface area contributed by atoms with Crippen molar-refractivity contribution in [1.29, 1.82) is 0 Å². The topological polar surface area (TPSA) is 18.5 Å². The van der Waals surface area contributed by atoms with Gasteiger partial charge in [-0.1, -0.05) is 39.2 Å². The molecule has 0 heterocycles. The number of hydrogen-bond acceptors (Lipinski definition) is 2. The van der Waals surface area contributed by atoms with Crippen LogP contribution >= 0.6 is 15.9 Å². The highest BCUT2D eigenvalue weighted by molar-refractivity contribution is 9.09. The van der Waals surface area contributed by atoms with Crippen molar-refractivity contribution in [1.82, 2.24) is 0 Å². The van der Waals surface area contributed by atoms with Gasteiger partial charge in [0.1, 0.15) is 11.5 Å². The van der Waals surface area contributed by atoms with Gasteiger partial charge in [0.2, 0.25) is 0 Å². The summed E-state index contributed by atoms with van der Waals surface area (Å²) in [5, 5.41) is 0.953. The maximum atomic E-state index is 5.70. The fraction of sp³-hybridized carbons (Fsp3) is 0.524. The van der Waals surface area contributed by atoms with Crippen LogP contribution in [0, 0.1) is 20.8 Å². The Labute approximate surface area is 156 Å². The van der Waals surface area contributed by atoms with E-state index in [1.54, 1.807) is 14.2 Å². The van der Waals surface area contributed by atoms with Crippen molar-refractivity contribution in [3.63, 3.8) is 0 Å². The Kier molecular flexibility index (Phi) is 8.61. The molecule has 0 amide bonds. The van der Waals surface area contributed by atoms with E-state index in [9.17, 15) is 0 Å². The van der Waals surface area contributed by atoms with Gasteiger partial charge in [-0.25, -0.2) is 0 Å². The van der Waals surface area contributed by atoms with Crippen LogP contribution in [-0.4, -0.2) is 19.5 Å². The lowest BCUT2D eigenvalue weighted by Gasteiger charge is -2.20. The Hall–Kier alpha value is -1.22. The molecule has 0 bridgehead atoms. The Balaban J connectivity index is 3.02. The predicted octanol–water partition coefficient (Wildman–Crippen LogP) is 6.24. The molecule has 0 spiro atoms. The van der Waals surface area contributed by atoms with Gasteiger partial charge in [-0.2, -0.15) is 0 Å². The van der Waals surface area contributed by atoms with Crippen molar-refractivity contribution in [2.75, 3.05) is 19.5 Å². The largest absolute Gasteiger partial charge is 0.496 e. The average molecular weight is 395 g/mol. The van der Waals surface area contributed by atoms with Crippen LogP contribution in [0.3, 0.4) is 0 Å². The third kappa shape index (κ3) is 5.14. The van der Waals surface area contributed by atoms with Crippen LogP contribution in [0.25, 0.3) is 0 Å². The fourth-order valence-corrected chi connectivity index (χ4v) is 3.19. The summed E-state index contributed by atoms with van der Waals surface area (Å²) in [6, 6.07) is 0. The molecule has 3 heteroatoms. The number of allylic oxidation sites excluding steroid dienone is 4. The first-order valence-corrected chi connectivity index (χ1v) is 9.57. The van der Waals surface area contributed by atoms with Crippen LogP contribution < -0.4 is 9.47 Å². The van der Waals surface area contributed by atoms with E-state index in [1.165, 1.54) is 22.3 Å². The summed E-state index contributed by atoms with van der Waals surface area (Å²) in [5.41, 5.74) is 7.52. The van der Waals surface area contributed by atoms with Gasteiger partial charge in [-0.05, 0) is 70.6 Å². The second kappa shape index (κ2) is 9.93. The minimum absolute atomic E-state index is 0.874. The standard InChI is InChI=1S/C21H31BrO2/c1-14(9-8-10-15(2)13-22)11-12-19-18(5)20(23-6)16(3)17(4)21(19)24-7/h10-11H,8-9,12-13H2,1-7H3. The van der Waals surface area contributed by atoms with Crippen molar-refractivity contribution in [3.05, 3.63) is 45.6 Å². The number of benzene rings is 1. The number of hydrogen-bond donors (Lipinski definition) is 0. The normalized spacial score (nSPS) is 12.5. The number of rotatable bonds is 8. The summed E-state index contributed by atoms with van der Waals surface area (Å²) in [6.07, 6.45) is 7.67. The first-order chi connectivity index (χ1) is 11.4. The zero-order chi connectivity index (χ0) is 18.3. The zero-order valence-corrected chi connectivity index (χ0v) is 17.8. The van der Waals surface area contributed by atoms with E-state index in [2.05, 4.69) is 62.7 Å². The molecule has 1 aromatic rings. The van der Waals surface area contributed by atoms with Gasteiger partial charge < -0.3 is 9.47 Å². The van der Waals surface area contributed by atoms with Crippen molar-refractivity contribution >= 4 is 15.9 Å². The highest BCUT2D eigenvalue weighted by Gasteiger charge is 2.17. The molecule has 134 valence electrons. The Morgan fingerprint density at radius 2 is 1.46 bits per heavy atom. The molecule has 0 aliphatic carbocycles. The summed E-state index contributed by atoms with van der Waals surface area (Å²) in [4.78, 5) is 0. The molecule has 1 aromatic carbocycles. The lowest BCUT2D eigenvalue weighted by molar-refractivity contribution is 0.391. The number of methoxy groups -OCH3 is 2. The summed E-state index contributed by atoms with van der Waals surface area (Å²) < 4.78 is 11.3. The molecule has 0 fully saturated rings. The quantitative estimate of drug-likeness (QED) is 0.383. The molecule has 0 aliphatic rings. The van der Waals surface area contributed by atoms with Crippen molar-refractivity contribution in [2.45, 2.75) is 53.9 Å². The van der Waals surface area contributed by atoms with Crippen molar-refractivity contribution in [3.8, 4) is 11.5 Å². The number of ether oxygens (including phenoxy) is 2. The van der Waals surface area contributed by atoms with Gasteiger partial charge in [-0.3, -0.25) is 0 Å². The maximum absolute atomic E-state index is 5.70. The summed E-state index contributed by atoms with van der Waals surface area (Å²) in [7, 11) is 3.49. The van der Waals surface area contributed by atoms with E-state index in [-0.39, 0.29) is 0 Å². The Morgan fingerprint density at radius 1 is 0.875 bits per heavy atom. The first-order valence-electron chi connectivity index (χ1n) is 8.45. The van der Waals surface area contributed by atoms with E-state index in [0.29, 0.717) is 0 Å². The van der Waals surface area contributed by atoms with Crippen LogP contribution in [0.4, 0.5) is 0 Å². The number of halogens is 1. The summed E-state index contributed by atoms with van der Waals surface area (Å²) >= 11 is 3.48. The number of alkyl halides is 1. The molecule has 0 aromatic heterocycles. The molecule has 0 radical (unpaired) electrons. The second-order valence-electron chi connectivity index (χ2n) is 6.40. The molecular weight excluding hydrogens is 364 g/mol. The van der Waals surface area contributed by atoms with Crippen LogP contribution in [-0.2, 0) is 6.42 Å². The molecule has 0 saturated carbocycles. The van der Waals surface area contributed by atoms with Gasteiger partial charge in [0.05, 0.1) is 14.2 Å². The highest BCUT2D eigenvalue weighted by atomic mass is 79.9. The lowest BCUT2D eigenvalue weighted by atomic mass is 9.94. The SMILES string of the molecule is COc1c(C)c(C)c(OC)c(CC=C(C)CCC=C(C)CBr)c1C. The molecule has 0 saturated heterocycles. The molecule has 1 rings (SSSR count). The molecular formula is C21H31BrO2. The third-order valence-electron chi connectivity index (χ3n) is 4.62. The minimum Gasteiger partial charge on any atom is -0.496 e.